The summed E-state index contributed by atoms with van der Waals surface area (Å²) >= 11 is 5.88. The highest BCUT2D eigenvalue weighted by Crippen LogP contribution is 2.28. The molecule has 0 aliphatic carbocycles. The van der Waals surface area contributed by atoms with Gasteiger partial charge in [-0.15, -0.1) is 0 Å². The van der Waals surface area contributed by atoms with Crippen LogP contribution in [0.3, 0.4) is 0 Å². The van der Waals surface area contributed by atoms with Crippen molar-refractivity contribution in [1.82, 2.24) is 0 Å². The van der Waals surface area contributed by atoms with Crippen LogP contribution in [0.15, 0.2) is 48.5 Å². The van der Waals surface area contributed by atoms with E-state index in [1.165, 1.54) is 24.3 Å². The van der Waals surface area contributed by atoms with Crippen LogP contribution in [0.1, 0.15) is 40.7 Å². The third-order valence-electron chi connectivity index (χ3n) is 3.87. The Labute approximate surface area is 156 Å². The SMILES string of the molecule is CCOC(=O)C(F)CC(C(=O)c1ccc(C#N)cc1)c1ccc(Cl)cc1. The van der Waals surface area contributed by atoms with Gasteiger partial charge in [-0.3, -0.25) is 4.79 Å². The maximum absolute atomic E-state index is 14.3. The third-order valence-corrected chi connectivity index (χ3v) is 4.12. The standard InChI is InChI=1S/C20H17ClFNO3/c1-2-26-20(25)18(22)11-17(14-7-9-16(21)10-8-14)19(24)15-5-3-13(12-23)4-6-15/h3-10,17-18H,2,11H2,1H3. The van der Waals surface area contributed by atoms with Gasteiger partial charge in [-0.2, -0.15) is 5.26 Å². The van der Waals surface area contributed by atoms with Crippen molar-refractivity contribution in [3.8, 4) is 6.07 Å². The zero-order chi connectivity index (χ0) is 19.1. The summed E-state index contributed by atoms with van der Waals surface area (Å²) in [4.78, 5) is 24.6. The van der Waals surface area contributed by atoms with Crippen LogP contribution in [0, 0.1) is 11.3 Å². The van der Waals surface area contributed by atoms with Gasteiger partial charge in [-0.25, -0.2) is 9.18 Å². The molecule has 134 valence electrons. The summed E-state index contributed by atoms with van der Waals surface area (Å²) in [6.45, 7) is 1.65. The molecule has 2 unspecified atom stereocenters. The lowest BCUT2D eigenvalue weighted by molar-refractivity contribution is -0.149. The van der Waals surface area contributed by atoms with Crippen LogP contribution in [0.5, 0.6) is 0 Å². The van der Waals surface area contributed by atoms with Gasteiger partial charge in [0, 0.05) is 17.0 Å². The molecule has 0 N–H and O–H groups in total. The second-order valence-corrected chi connectivity index (χ2v) is 6.05. The van der Waals surface area contributed by atoms with Crippen molar-refractivity contribution in [2.45, 2.75) is 25.4 Å². The van der Waals surface area contributed by atoms with Gasteiger partial charge in [-0.1, -0.05) is 35.9 Å². The summed E-state index contributed by atoms with van der Waals surface area (Å²) in [5.74, 6) is -2.21. The molecular weight excluding hydrogens is 357 g/mol. The first-order valence-electron chi connectivity index (χ1n) is 8.06. The monoisotopic (exact) mass is 373 g/mol. The van der Waals surface area contributed by atoms with Crippen molar-refractivity contribution in [3.63, 3.8) is 0 Å². The number of hydrogen-bond acceptors (Lipinski definition) is 4. The minimum Gasteiger partial charge on any atom is -0.464 e. The number of carbonyl (C=O) groups excluding carboxylic acids is 2. The Morgan fingerprint density at radius 2 is 1.77 bits per heavy atom. The van der Waals surface area contributed by atoms with Gasteiger partial charge in [0.2, 0.25) is 0 Å². The normalized spacial score (nSPS) is 12.7. The van der Waals surface area contributed by atoms with E-state index in [1.54, 1.807) is 31.2 Å². The van der Waals surface area contributed by atoms with Crippen LogP contribution in [0.25, 0.3) is 0 Å². The Hall–Kier alpha value is -2.71. The Bertz CT molecular complexity index is 812. The van der Waals surface area contributed by atoms with Crippen LogP contribution in [0.4, 0.5) is 4.39 Å². The first-order chi connectivity index (χ1) is 12.5. The van der Waals surface area contributed by atoms with E-state index in [1.807, 2.05) is 6.07 Å². The Kier molecular flexibility index (Phi) is 6.88. The first kappa shape index (κ1) is 19.6. The summed E-state index contributed by atoms with van der Waals surface area (Å²) in [6, 6.07) is 14.5. The molecule has 0 saturated carbocycles. The van der Waals surface area contributed by atoms with E-state index in [4.69, 9.17) is 21.6 Å². The van der Waals surface area contributed by atoms with Gasteiger partial charge in [0.15, 0.2) is 12.0 Å². The average molecular weight is 374 g/mol. The molecule has 2 aromatic carbocycles. The van der Waals surface area contributed by atoms with E-state index in [0.29, 0.717) is 21.7 Å². The molecule has 26 heavy (non-hydrogen) atoms. The van der Waals surface area contributed by atoms with Crippen LogP contribution in [-0.4, -0.2) is 24.5 Å². The summed E-state index contributed by atoms with van der Waals surface area (Å²) in [6.07, 6.45) is -2.25. The molecule has 0 bridgehead atoms. The first-order valence-corrected chi connectivity index (χ1v) is 8.44. The van der Waals surface area contributed by atoms with Crippen LogP contribution in [0.2, 0.25) is 5.02 Å². The minimum absolute atomic E-state index is 0.0639. The molecule has 2 aromatic rings. The molecule has 0 radical (unpaired) electrons. The van der Waals surface area contributed by atoms with Crippen LogP contribution < -0.4 is 0 Å². The minimum atomic E-state index is -1.92. The van der Waals surface area contributed by atoms with Crippen molar-refractivity contribution >= 4 is 23.4 Å². The number of esters is 1. The zero-order valence-corrected chi connectivity index (χ0v) is 14.9. The highest BCUT2D eigenvalue weighted by Gasteiger charge is 2.30. The lowest BCUT2D eigenvalue weighted by Gasteiger charge is -2.18. The number of ketones is 1. The van der Waals surface area contributed by atoms with Crippen molar-refractivity contribution < 1.29 is 18.7 Å². The lowest BCUT2D eigenvalue weighted by atomic mass is 9.86. The largest absolute Gasteiger partial charge is 0.464 e. The number of hydrogen-bond donors (Lipinski definition) is 0. The highest BCUT2D eigenvalue weighted by molar-refractivity contribution is 6.30. The predicted molar refractivity (Wildman–Crippen MR) is 95.8 cm³/mol. The number of carbonyl (C=O) groups is 2. The molecular formula is C20H17ClFNO3. The van der Waals surface area contributed by atoms with Gasteiger partial charge in [0.25, 0.3) is 0 Å². The smallest absolute Gasteiger partial charge is 0.340 e. The highest BCUT2D eigenvalue weighted by atomic mass is 35.5. The van der Waals surface area contributed by atoms with Crippen molar-refractivity contribution in [2.75, 3.05) is 6.61 Å². The van der Waals surface area contributed by atoms with Crippen LogP contribution >= 0.6 is 11.6 Å². The number of nitrogens with zero attached hydrogens (tertiary/aromatic N) is 1. The fourth-order valence-corrected chi connectivity index (χ4v) is 2.66. The molecule has 0 amide bonds. The van der Waals surface area contributed by atoms with Gasteiger partial charge in [0.1, 0.15) is 0 Å². The summed E-state index contributed by atoms with van der Waals surface area (Å²) < 4.78 is 19.0. The maximum atomic E-state index is 14.3. The number of alkyl halides is 1. The number of Topliss-reactive ketones (excluding diaryl/α,β-unsaturated/α-hetero) is 1. The molecule has 0 aromatic heterocycles. The number of nitriles is 1. The predicted octanol–water partition coefficient (Wildman–Crippen LogP) is 4.47. The van der Waals surface area contributed by atoms with Gasteiger partial charge in [-0.05, 0) is 36.8 Å². The lowest BCUT2D eigenvalue weighted by Crippen LogP contribution is -2.25. The third kappa shape index (κ3) is 4.90. The fourth-order valence-electron chi connectivity index (χ4n) is 2.54. The molecule has 0 heterocycles. The van der Waals surface area contributed by atoms with Gasteiger partial charge in [0.05, 0.1) is 24.2 Å². The fraction of sp³-hybridized carbons (Fsp3) is 0.250. The second kappa shape index (κ2) is 9.12. The van der Waals surface area contributed by atoms with Crippen LogP contribution in [-0.2, 0) is 9.53 Å². The second-order valence-electron chi connectivity index (χ2n) is 5.61. The average Bonchev–Trinajstić information content (AvgIpc) is 2.66. The molecule has 6 heteroatoms. The van der Waals surface area contributed by atoms with E-state index in [0.717, 1.165) is 0 Å². The maximum Gasteiger partial charge on any atom is 0.340 e. The van der Waals surface area contributed by atoms with Gasteiger partial charge < -0.3 is 4.74 Å². The number of benzene rings is 2. The van der Waals surface area contributed by atoms with E-state index in [2.05, 4.69) is 0 Å². The molecule has 0 saturated heterocycles. The molecule has 2 atom stereocenters. The summed E-state index contributed by atoms with van der Waals surface area (Å²) in [5, 5.41) is 9.35. The zero-order valence-electron chi connectivity index (χ0n) is 14.1. The van der Waals surface area contributed by atoms with E-state index in [-0.39, 0.29) is 18.8 Å². The summed E-state index contributed by atoms with van der Waals surface area (Å²) in [5.41, 5.74) is 1.30. The quantitative estimate of drug-likeness (QED) is 0.530. The van der Waals surface area contributed by atoms with E-state index in [9.17, 15) is 14.0 Å². The Balaban J connectivity index is 2.32. The molecule has 4 nitrogen and oxygen atoms in total. The Morgan fingerprint density at radius 1 is 1.15 bits per heavy atom. The number of rotatable bonds is 7. The topological polar surface area (TPSA) is 67.2 Å². The van der Waals surface area contributed by atoms with Crippen molar-refractivity contribution in [2.24, 2.45) is 0 Å². The van der Waals surface area contributed by atoms with E-state index < -0.39 is 18.1 Å². The number of halogens is 2. The van der Waals surface area contributed by atoms with Crippen molar-refractivity contribution in [3.05, 3.63) is 70.2 Å². The molecule has 0 aliphatic heterocycles. The Morgan fingerprint density at radius 3 is 2.31 bits per heavy atom. The number of ether oxygens (including phenoxy) is 1. The molecule has 2 rings (SSSR count). The van der Waals surface area contributed by atoms with Crippen molar-refractivity contribution in [1.29, 1.82) is 5.26 Å². The molecule has 0 aliphatic rings. The summed E-state index contributed by atoms with van der Waals surface area (Å²) in [7, 11) is 0. The van der Waals surface area contributed by atoms with E-state index >= 15 is 0 Å². The molecule has 0 fully saturated rings. The van der Waals surface area contributed by atoms with Gasteiger partial charge >= 0.3 is 5.97 Å². The molecule has 0 spiro atoms.